The van der Waals surface area contributed by atoms with Crippen LogP contribution >= 0.6 is 15.9 Å². The minimum atomic E-state index is -0.288. The second-order valence-electron chi connectivity index (χ2n) is 4.64. The lowest BCUT2D eigenvalue weighted by Gasteiger charge is -2.14. The maximum atomic E-state index is 13.4. The molecular weight excluding hydrogens is 295 g/mol. The summed E-state index contributed by atoms with van der Waals surface area (Å²) in [5.74, 6) is -0.288. The normalized spacial score (nSPS) is 15.3. The van der Waals surface area contributed by atoms with Gasteiger partial charge in [0.05, 0.1) is 15.8 Å². The summed E-state index contributed by atoms with van der Waals surface area (Å²) >= 11 is 3.12. The number of anilines is 2. The Morgan fingerprint density at radius 2 is 2.17 bits per heavy atom. The minimum absolute atomic E-state index is 0.288. The van der Waals surface area contributed by atoms with Crippen molar-refractivity contribution in [2.45, 2.75) is 32.1 Å². The number of benzene rings is 1. The molecule has 4 heteroatoms. The van der Waals surface area contributed by atoms with Crippen molar-refractivity contribution in [1.82, 2.24) is 0 Å². The number of rotatable bonds is 4. The molecule has 0 spiro atoms. The van der Waals surface area contributed by atoms with Crippen LogP contribution in [-0.2, 0) is 0 Å². The van der Waals surface area contributed by atoms with Gasteiger partial charge in [0.25, 0.3) is 0 Å². The molecule has 18 heavy (non-hydrogen) atoms. The molecule has 1 aliphatic rings. The van der Waals surface area contributed by atoms with Gasteiger partial charge in [-0.25, -0.2) is 4.39 Å². The molecule has 1 aliphatic carbocycles. The zero-order valence-corrected chi connectivity index (χ0v) is 11.9. The maximum absolute atomic E-state index is 13.4. The molecule has 2 nitrogen and oxygen atoms in total. The van der Waals surface area contributed by atoms with Crippen molar-refractivity contribution in [2.24, 2.45) is 0 Å². The van der Waals surface area contributed by atoms with Gasteiger partial charge in [-0.15, -0.1) is 0 Å². The highest BCUT2D eigenvalue weighted by Crippen LogP contribution is 2.27. The van der Waals surface area contributed by atoms with E-state index in [1.165, 1.54) is 37.3 Å². The van der Waals surface area contributed by atoms with Gasteiger partial charge in [-0.05, 0) is 54.1 Å². The first-order valence-electron chi connectivity index (χ1n) is 6.33. The van der Waals surface area contributed by atoms with Crippen molar-refractivity contribution < 1.29 is 4.39 Å². The smallest absolute Gasteiger partial charge is 0.139 e. The Balaban J connectivity index is 1.90. The summed E-state index contributed by atoms with van der Waals surface area (Å²) in [5.41, 5.74) is 8.58. The van der Waals surface area contributed by atoms with Crippen molar-refractivity contribution in [3.63, 3.8) is 0 Å². The molecule has 0 fully saturated rings. The van der Waals surface area contributed by atoms with E-state index in [0.717, 1.165) is 13.0 Å². The largest absolute Gasteiger partial charge is 0.397 e. The van der Waals surface area contributed by atoms with Crippen molar-refractivity contribution in [2.75, 3.05) is 17.6 Å². The lowest BCUT2D eigenvalue weighted by atomic mass is 9.97. The molecule has 0 saturated carbocycles. The zero-order valence-electron chi connectivity index (χ0n) is 10.3. The average Bonchev–Trinajstić information content (AvgIpc) is 2.37. The van der Waals surface area contributed by atoms with Gasteiger partial charge in [0.1, 0.15) is 5.82 Å². The van der Waals surface area contributed by atoms with Crippen LogP contribution in [0.1, 0.15) is 32.1 Å². The van der Waals surface area contributed by atoms with Crippen LogP contribution in [-0.4, -0.2) is 6.54 Å². The monoisotopic (exact) mass is 312 g/mol. The van der Waals surface area contributed by atoms with E-state index < -0.39 is 0 Å². The number of nitrogen functional groups attached to an aromatic ring is 1. The van der Waals surface area contributed by atoms with Crippen molar-refractivity contribution in [1.29, 1.82) is 0 Å². The van der Waals surface area contributed by atoms with Gasteiger partial charge < -0.3 is 11.1 Å². The molecule has 2 rings (SSSR count). The van der Waals surface area contributed by atoms with E-state index in [2.05, 4.69) is 27.3 Å². The molecule has 0 bridgehead atoms. The number of hydrogen-bond acceptors (Lipinski definition) is 2. The summed E-state index contributed by atoms with van der Waals surface area (Å²) in [5, 5.41) is 3.20. The molecule has 1 aromatic rings. The minimum Gasteiger partial charge on any atom is -0.397 e. The Morgan fingerprint density at radius 1 is 1.33 bits per heavy atom. The molecule has 3 N–H and O–H groups in total. The molecule has 0 radical (unpaired) electrons. The molecule has 0 amide bonds. The third kappa shape index (κ3) is 3.48. The van der Waals surface area contributed by atoms with Gasteiger partial charge in [0, 0.05) is 12.6 Å². The van der Waals surface area contributed by atoms with Crippen molar-refractivity contribution in [3.8, 4) is 0 Å². The Morgan fingerprint density at radius 3 is 2.89 bits per heavy atom. The molecule has 98 valence electrons. The number of halogens is 2. The summed E-state index contributed by atoms with van der Waals surface area (Å²) in [7, 11) is 0. The van der Waals surface area contributed by atoms with Crippen LogP contribution in [0, 0.1) is 5.82 Å². The summed E-state index contributed by atoms with van der Waals surface area (Å²) in [6, 6.07) is 3.03. The summed E-state index contributed by atoms with van der Waals surface area (Å²) in [6.07, 6.45) is 8.34. The van der Waals surface area contributed by atoms with E-state index in [-0.39, 0.29) is 5.82 Å². The molecule has 1 aromatic carbocycles. The van der Waals surface area contributed by atoms with E-state index in [1.54, 1.807) is 6.07 Å². The SMILES string of the molecule is Nc1cc(Br)c(F)cc1NCCC1=CCCCC1. The molecular formula is C14H18BrFN2. The van der Waals surface area contributed by atoms with Crippen LogP contribution in [0.15, 0.2) is 28.3 Å². The fourth-order valence-corrected chi connectivity index (χ4v) is 2.57. The fraction of sp³-hybridized carbons (Fsp3) is 0.429. The van der Waals surface area contributed by atoms with E-state index in [9.17, 15) is 4.39 Å². The van der Waals surface area contributed by atoms with E-state index in [4.69, 9.17) is 5.73 Å². The van der Waals surface area contributed by atoms with Crippen LogP contribution in [0.5, 0.6) is 0 Å². The zero-order chi connectivity index (χ0) is 13.0. The molecule has 0 saturated heterocycles. The predicted octanol–water partition coefficient (Wildman–Crippen LogP) is 4.47. The van der Waals surface area contributed by atoms with E-state index >= 15 is 0 Å². The van der Waals surface area contributed by atoms with Crippen molar-refractivity contribution >= 4 is 27.3 Å². The first-order valence-corrected chi connectivity index (χ1v) is 7.12. The number of hydrogen-bond donors (Lipinski definition) is 2. The van der Waals surface area contributed by atoms with Crippen LogP contribution in [0.2, 0.25) is 0 Å². The lowest BCUT2D eigenvalue weighted by molar-refractivity contribution is 0.621. The second kappa shape index (κ2) is 6.23. The highest BCUT2D eigenvalue weighted by atomic mass is 79.9. The molecule has 0 heterocycles. The average molecular weight is 313 g/mol. The molecule has 0 unspecified atom stereocenters. The van der Waals surface area contributed by atoms with Gasteiger partial charge in [-0.3, -0.25) is 0 Å². The van der Waals surface area contributed by atoms with Gasteiger partial charge in [-0.2, -0.15) is 0 Å². The topological polar surface area (TPSA) is 38.0 Å². The summed E-state index contributed by atoms with van der Waals surface area (Å²) < 4.78 is 13.8. The van der Waals surface area contributed by atoms with E-state index in [1.807, 2.05) is 0 Å². The fourth-order valence-electron chi connectivity index (χ4n) is 2.20. The Hall–Kier alpha value is -1.03. The summed E-state index contributed by atoms with van der Waals surface area (Å²) in [4.78, 5) is 0. The Labute approximate surface area is 116 Å². The lowest BCUT2D eigenvalue weighted by Crippen LogP contribution is -2.07. The predicted molar refractivity (Wildman–Crippen MR) is 78.2 cm³/mol. The highest BCUT2D eigenvalue weighted by Gasteiger charge is 2.07. The first kappa shape index (κ1) is 13.4. The van der Waals surface area contributed by atoms with Crippen LogP contribution in [0.3, 0.4) is 0 Å². The number of nitrogens with one attached hydrogen (secondary N) is 1. The molecule has 0 aromatic heterocycles. The quantitative estimate of drug-likeness (QED) is 0.635. The Kier molecular flexibility index (Phi) is 4.64. The molecule has 0 aliphatic heterocycles. The van der Waals surface area contributed by atoms with Crippen LogP contribution in [0.4, 0.5) is 15.8 Å². The third-order valence-corrected chi connectivity index (χ3v) is 3.85. The Bertz CT molecular complexity index is 457. The highest BCUT2D eigenvalue weighted by molar-refractivity contribution is 9.10. The van der Waals surface area contributed by atoms with Gasteiger partial charge in [0.15, 0.2) is 0 Å². The first-order chi connectivity index (χ1) is 8.66. The van der Waals surface area contributed by atoms with Crippen LogP contribution in [0.25, 0.3) is 0 Å². The standard InChI is InChI=1S/C14H18BrFN2/c15-11-8-13(17)14(9-12(11)16)18-7-6-10-4-2-1-3-5-10/h4,8-9,18H,1-3,5-7,17H2. The van der Waals surface area contributed by atoms with Gasteiger partial charge >= 0.3 is 0 Å². The van der Waals surface area contributed by atoms with E-state index in [0.29, 0.717) is 15.8 Å². The van der Waals surface area contributed by atoms with Crippen LogP contribution < -0.4 is 11.1 Å². The second-order valence-corrected chi connectivity index (χ2v) is 5.49. The summed E-state index contributed by atoms with van der Waals surface area (Å²) in [6.45, 7) is 0.803. The third-order valence-electron chi connectivity index (χ3n) is 3.24. The van der Waals surface area contributed by atoms with Crippen molar-refractivity contribution in [3.05, 3.63) is 34.1 Å². The number of nitrogens with two attached hydrogens (primary N) is 1. The maximum Gasteiger partial charge on any atom is 0.139 e. The van der Waals surface area contributed by atoms with Gasteiger partial charge in [-0.1, -0.05) is 11.6 Å². The van der Waals surface area contributed by atoms with Gasteiger partial charge in [0.2, 0.25) is 0 Å². The molecule has 0 atom stereocenters. The number of allylic oxidation sites excluding steroid dienone is 1.